The summed E-state index contributed by atoms with van der Waals surface area (Å²) in [6.07, 6.45) is 2.70. The zero-order valence-electron chi connectivity index (χ0n) is 11.1. The van der Waals surface area contributed by atoms with Gasteiger partial charge in [-0.2, -0.15) is 0 Å². The molecular weight excluding hydrogens is 251 g/mol. The van der Waals surface area contributed by atoms with E-state index in [9.17, 15) is 14.0 Å². The molecule has 1 fully saturated rings. The predicted octanol–water partition coefficient (Wildman–Crippen LogP) is 0.899. The van der Waals surface area contributed by atoms with Crippen molar-refractivity contribution < 1.29 is 9.13 Å². The Balaban J connectivity index is 2.23. The molecule has 2 aliphatic rings. The van der Waals surface area contributed by atoms with Crippen molar-refractivity contribution in [2.45, 2.75) is 50.6 Å². The van der Waals surface area contributed by atoms with Gasteiger partial charge in [0.2, 0.25) is 0 Å². The van der Waals surface area contributed by atoms with Crippen LogP contribution in [0.15, 0.2) is 15.8 Å². The van der Waals surface area contributed by atoms with E-state index in [1.54, 1.807) is 0 Å². The van der Waals surface area contributed by atoms with Gasteiger partial charge < -0.3 is 4.74 Å². The van der Waals surface area contributed by atoms with Crippen molar-refractivity contribution >= 4 is 0 Å². The average molecular weight is 268 g/mol. The number of alkyl halides is 1. The monoisotopic (exact) mass is 268 g/mol. The van der Waals surface area contributed by atoms with Gasteiger partial charge in [-0.25, -0.2) is 9.18 Å². The molecule has 0 radical (unpaired) electrons. The highest BCUT2D eigenvalue weighted by Gasteiger charge is 2.37. The van der Waals surface area contributed by atoms with Crippen molar-refractivity contribution in [1.82, 2.24) is 9.13 Å². The summed E-state index contributed by atoms with van der Waals surface area (Å²) in [6, 6.07) is 0. The molecule has 5 nitrogen and oxygen atoms in total. The third-order valence-corrected chi connectivity index (χ3v) is 3.99. The Morgan fingerprint density at radius 1 is 1.42 bits per heavy atom. The van der Waals surface area contributed by atoms with E-state index in [1.165, 1.54) is 24.7 Å². The van der Waals surface area contributed by atoms with E-state index < -0.39 is 11.4 Å². The number of aromatic nitrogens is 2. The van der Waals surface area contributed by atoms with Crippen LogP contribution in [0.1, 0.15) is 37.9 Å². The van der Waals surface area contributed by atoms with Gasteiger partial charge >= 0.3 is 5.69 Å². The van der Waals surface area contributed by atoms with Crippen molar-refractivity contribution in [3.05, 3.63) is 32.6 Å². The summed E-state index contributed by atoms with van der Waals surface area (Å²) in [6.45, 7) is 1.44. The van der Waals surface area contributed by atoms with Crippen LogP contribution in [0, 0.1) is 0 Å². The standard InChI is InChI=1S/C13H17FN2O3/c1-13(14)5-8-3-4-10(19-8)9-6-16(7-13)12(18)15(2)11(9)17/h6,8,10H,3-5,7H2,1-2H3/t8?,10-,13?/m1/s1. The second-order valence-corrected chi connectivity index (χ2v) is 5.80. The normalized spacial score (nSPS) is 33.6. The summed E-state index contributed by atoms with van der Waals surface area (Å²) < 4.78 is 22.6. The SMILES string of the molecule is Cn1c(=O)c2cn(c1=O)CC(C)(F)CC1CC[C@H]2O1. The zero-order valence-corrected chi connectivity index (χ0v) is 11.1. The summed E-state index contributed by atoms with van der Waals surface area (Å²) in [5.41, 5.74) is -1.87. The molecule has 2 aliphatic heterocycles. The van der Waals surface area contributed by atoms with Crippen molar-refractivity contribution in [3.8, 4) is 0 Å². The fourth-order valence-corrected chi connectivity index (χ4v) is 3.06. The van der Waals surface area contributed by atoms with Crippen LogP contribution in [-0.2, 0) is 18.3 Å². The van der Waals surface area contributed by atoms with E-state index >= 15 is 0 Å². The molecule has 0 aromatic carbocycles. The number of halogens is 1. The van der Waals surface area contributed by atoms with E-state index in [4.69, 9.17) is 4.74 Å². The summed E-state index contributed by atoms with van der Waals surface area (Å²) in [5, 5.41) is 0. The van der Waals surface area contributed by atoms with Gasteiger partial charge in [0, 0.05) is 19.7 Å². The van der Waals surface area contributed by atoms with Crippen molar-refractivity contribution in [3.63, 3.8) is 0 Å². The van der Waals surface area contributed by atoms with Crippen LogP contribution in [-0.4, -0.2) is 20.9 Å². The molecule has 1 saturated heterocycles. The quantitative estimate of drug-likeness (QED) is 0.702. The molecule has 104 valence electrons. The Bertz CT molecular complexity index is 632. The Morgan fingerprint density at radius 3 is 2.89 bits per heavy atom. The molecule has 3 atom stereocenters. The average Bonchev–Trinajstić information content (AvgIpc) is 2.78. The zero-order chi connectivity index (χ0) is 13.8. The molecule has 3 rings (SSSR count). The molecule has 6 heteroatoms. The number of nitrogens with zero attached hydrogens (tertiary/aromatic N) is 2. The first kappa shape index (κ1) is 12.6. The van der Waals surface area contributed by atoms with Crippen LogP contribution in [0.5, 0.6) is 0 Å². The Morgan fingerprint density at radius 2 is 2.16 bits per heavy atom. The molecule has 4 bridgehead atoms. The maximum absolute atomic E-state index is 14.5. The Kier molecular flexibility index (Phi) is 2.67. The third-order valence-electron chi connectivity index (χ3n) is 3.99. The summed E-state index contributed by atoms with van der Waals surface area (Å²) in [4.78, 5) is 24.1. The highest BCUT2D eigenvalue weighted by molar-refractivity contribution is 5.12. The molecule has 0 aliphatic carbocycles. The molecule has 19 heavy (non-hydrogen) atoms. The Hall–Kier alpha value is -1.43. The van der Waals surface area contributed by atoms with E-state index in [0.29, 0.717) is 12.0 Å². The number of hydrogen-bond donors (Lipinski definition) is 0. The fraction of sp³-hybridized carbons (Fsp3) is 0.692. The minimum atomic E-state index is -1.51. The first-order valence-electron chi connectivity index (χ1n) is 6.52. The van der Waals surface area contributed by atoms with E-state index in [-0.39, 0.29) is 30.7 Å². The van der Waals surface area contributed by atoms with Crippen molar-refractivity contribution in [1.29, 1.82) is 0 Å². The van der Waals surface area contributed by atoms with Crippen LogP contribution in [0.3, 0.4) is 0 Å². The van der Waals surface area contributed by atoms with Gasteiger partial charge in [-0.05, 0) is 19.8 Å². The van der Waals surface area contributed by atoms with E-state index in [0.717, 1.165) is 11.0 Å². The van der Waals surface area contributed by atoms with E-state index in [2.05, 4.69) is 0 Å². The summed E-state index contributed by atoms with van der Waals surface area (Å²) in [5.74, 6) is 0. The van der Waals surface area contributed by atoms with Crippen LogP contribution in [0.2, 0.25) is 0 Å². The van der Waals surface area contributed by atoms with Gasteiger partial charge in [0.1, 0.15) is 5.67 Å². The molecule has 0 spiro atoms. The van der Waals surface area contributed by atoms with Gasteiger partial charge in [0.15, 0.2) is 0 Å². The van der Waals surface area contributed by atoms with Crippen LogP contribution >= 0.6 is 0 Å². The van der Waals surface area contributed by atoms with E-state index in [1.807, 2.05) is 0 Å². The second kappa shape index (κ2) is 4.03. The second-order valence-electron chi connectivity index (χ2n) is 5.80. The molecular formula is C13H17FN2O3. The molecule has 2 unspecified atom stereocenters. The first-order valence-corrected chi connectivity index (χ1v) is 6.52. The van der Waals surface area contributed by atoms with Crippen LogP contribution in [0.25, 0.3) is 0 Å². The number of rotatable bonds is 0. The number of hydrogen-bond acceptors (Lipinski definition) is 3. The molecule has 1 aromatic rings. The van der Waals surface area contributed by atoms with Crippen LogP contribution < -0.4 is 11.2 Å². The number of ether oxygens (including phenoxy) is 1. The lowest BCUT2D eigenvalue weighted by atomic mass is 9.97. The predicted molar refractivity (Wildman–Crippen MR) is 66.9 cm³/mol. The molecule has 0 saturated carbocycles. The first-order chi connectivity index (χ1) is 8.87. The van der Waals surface area contributed by atoms with Crippen LogP contribution in [0.4, 0.5) is 4.39 Å². The maximum atomic E-state index is 14.5. The largest absolute Gasteiger partial charge is 0.370 e. The van der Waals surface area contributed by atoms with Gasteiger partial charge in [0.05, 0.1) is 24.3 Å². The van der Waals surface area contributed by atoms with Gasteiger partial charge in [0.25, 0.3) is 5.56 Å². The Labute approximate surface area is 109 Å². The molecule has 1 aromatic heterocycles. The van der Waals surface area contributed by atoms with Crippen molar-refractivity contribution in [2.75, 3.05) is 0 Å². The maximum Gasteiger partial charge on any atom is 0.330 e. The lowest BCUT2D eigenvalue weighted by Gasteiger charge is -2.23. The molecule has 3 heterocycles. The minimum Gasteiger partial charge on any atom is -0.370 e. The highest BCUT2D eigenvalue weighted by atomic mass is 19.1. The number of fused-ring (bicyclic) bond motifs is 5. The fourth-order valence-electron chi connectivity index (χ4n) is 3.06. The van der Waals surface area contributed by atoms with Gasteiger partial charge in [-0.1, -0.05) is 0 Å². The van der Waals surface area contributed by atoms with Crippen molar-refractivity contribution in [2.24, 2.45) is 7.05 Å². The summed E-state index contributed by atoms with van der Waals surface area (Å²) in [7, 11) is 1.42. The minimum absolute atomic E-state index is 0.0421. The summed E-state index contributed by atoms with van der Waals surface area (Å²) >= 11 is 0. The van der Waals surface area contributed by atoms with Gasteiger partial charge in [-0.3, -0.25) is 13.9 Å². The highest BCUT2D eigenvalue weighted by Crippen LogP contribution is 2.37. The topological polar surface area (TPSA) is 53.2 Å². The molecule has 0 N–H and O–H groups in total. The lowest BCUT2D eigenvalue weighted by molar-refractivity contribution is 0.00451. The smallest absolute Gasteiger partial charge is 0.330 e. The third kappa shape index (κ3) is 2.04. The molecule has 0 amide bonds. The lowest BCUT2D eigenvalue weighted by Crippen LogP contribution is -2.42. The van der Waals surface area contributed by atoms with Gasteiger partial charge in [-0.15, -0.1) is 0 Å².